The van der Waals surface area contributed by atoms with Crippen LogP contribution in [-0.4, -0.2) is 38.2 Å². The van der Waals surface area contributed by atoms with Gasteiger partial charge < -0.3 is 10.4 Å². The van der Waals surface area contributed by atoms with Gasteiger partial charge in [0.1, 0.15) is 5.69 Å². The second kappa shape index (κ2) is 5.77. The molecule has 1 aliphatic carbocycles. The van der Waals surface area contributed by atoms with Crippen molar-refractivity contribution in [3.63, 3.8) is 0 Å². The Morgan fingerprint density at radius 2 is 2.30 bits per heavy atom. The minimum atomic E-state index is -4.49. The number of hydrogen-bond donors (Lipinski definition) is 2. The molecule has 2 unspecified atom stereocenters. The number of hydrogen-bond acceptors (Lipinski definition) is 5. The molecular formula is C12H16F3N3OS. The lowest BCUT2D eigenvalue weighted by Crippen LogP contribution is -2.54. The van der Waals surface area contributed by atoms with Crippen molar-refractivity contribution in [2.24, 2.45) is 0 Å². The van der Waals surface area contributed by atoms with Crippen LogP contribution < -0.4 is 5.32 Å². The monoisotopic (exact) mass is 307 g/mol. The Bertz CT molecular complexity index is 472. The maximum atomic E-state index is 12.5. The molecule has 20 heavy (non-hydrogen) atoms. The van der Waals surface area contributed by atoms with Crippen LogP contribution in [0.2, 0.25) is 0 Å². The van der Waals surface area contributed by atoms with Crippen LogP contribution in [0, 0.1) is 0 Å². The Morgan fingerprint density at radius 3 is 2.85 bits per heavy atom. The van der Waals surface area contributed by atoms with Crippen LogP contribution >= 0.6 is 11.8 Å². The van der Waals surface area contributed by atoms with E-state index in [2.05, 4.69) is 15.3 Å². The standard InChI is InChI=1S/C12H16F3N3OS/c1-2-20-9-3-5-11(9,19)7-17-10-16-6-4-8(18-10)12(13,14)15/h4,6,9,19H,2-3,5,7H2,1H3,(H,16,17,18). The minimum absolute atomic E-state index is 0.111. The van der Waals surface area contributed by atoms with Crippen LogP contribution in [0.3, 0.4) is 0 Å². The zero-order valence-electron chi connectivity index (χ0n) is 10.9. The number of aromatic nitrogens is 2. The van der Waals surface area contributed by atoms with Gasteiger partial charge in [0, 0.05) is 18.0 Å². The summed E-state index contributed by atoms with van der Waals surface area (Å²) in [6.07, 6.45) is -1.88. The molecule has 1 heterocycles. The molecule has 1 aliphatic rings. The number of thioether (sulfide) groups is 1. The van der Waals surface area contributed by atoms with Crippen molar-refractivity contribution >= 4 is 17.7 Å². The Morgan fingerprint density at radius 1 is 1.55 bits per heavy atom. The Labute approximate surface area is 119 Å². The molecule has 0 spiro atoms. The predicted octanol–water partition coefficient (Wildman–Crippen LogP) is 2.55. The molecule has 2 N–H and O–H groups in total. The molecule has 1 fully saturated rings. The minimum Gasteiger partial charge on any atom is -0.387 e. The van der Waals surface area contributed by atoms with E-state index in [1.807, 2.05) is 6.92 Å². The van der Waals surface area contributed by atoms with Gasteiger partial charge in [0.25, 0.3) is 0 Å². The lowest BCUT2D eigenvalue weighted by molar-refractivity contribution is -0.141. The molecule has 0 radical (unpaired) electrons. The summed E-state index contributed by atoms with van der Waals surface area (Å²) >= 11 is 1.66. The molecule has 4 nitrogen and oxygen atoms in total. The van der Waals surface area contributed by atoms with E-state index in [0.29, 0.717) is 6.42 Å². The van der Waals surface area contributed by atoms with Crippen molar-refractivity contribution in [3.05, 3.63) is 18.0 Å². The molecule has 2 rings (SSSR count). The van der Waals surface area contributed by atoms with Gasteiger partial charge in [-0.2, -0.15) is 24.9 Å². The normalized spacial score (nSPS) is 26.1. The predicted molar refractivity (Wildman–Crippen MR) is 71.6 cm³/mol. The van der Waals surface area contributed by atoms with Gasteiger partial charge in [-0.05, 0) is 24.7 Å². The summed E-state index contributed by atoms with van der Waals surface area (Å²) in [7, 11) is 0. The summed E-state index contributed by atoms with van der Waals surface area (Å²) < 4.78 is 37.5. The first kappa shape index (κ1) is 15.4. The van der Waals surface area contributed by atoms with E-state index in [9.17, 15) is 18.3 Å². The highest BCUT2D eigenvalue weighted by Gasteiger charge is 2.45. The number of rotatable bonds is 5. The fourth-order valence-electron chi connectivity index (χ4n) is 2.07. The SMILES string of the molecule is CCSC1CCC1(O)CNc1nccc(C(F)(F)F)n1. The number of nitrogens with zero attached hydrogens (tertiary/aromatic N) is 2. The van der Waals surface area contributed by atoms with E-state index >= 15 is 0 Å². The van der Waals surface area contributed by atoms with Gasteiger partial charge in [-0.15, -0.1) is 0 Å². The van der Waals surface area contributed by atoms with Crippen molar-refractivity contribution in [1.29, 1.82) is 0 Å². The third kappa shape index (κ3) is 3.35. The molecule has 0 amide bonds. The van der Waals surface area contributed by atoms with Gasteiger partial charge in [-0.25, -0.2) is 9.97 Å². The number of anilines is 1. The van der Waals surface area contributed by atoms with E-state index in [0.717, 1.165) is 24.4 Å². The van der Waals surface area contributed by atoms with Crippen molar-refractivity contribution in [2.45, 2.75) is 36.8 Å². The molecule has 0 bridgehead atoms. The van der Waals surface area contributed by atoms with Crippen LogP contribution in [0.1, 0.15) is 25.5 Å². The largest absolute Gasteiger partial charge is 0.433 e. The van der Waals surface area contributed by atoms with Crippen molar-refractivity contribution in [2.75, 3.05) is 17.6 Å². The summed E-state index contributed by atoms with van der Waals surface area (Å²) in [6.45, 7) is 2.17. The van der Waals surface area contributed by atoms with Crippen LogP contribution in [-0.2, 0) is 6.18 Å². The van der Waals surface area contributed by atoms with Gasteiger partial charge in [-0.3, -0.25) is 0 Å². The van der Waals surface area contributed by atoms with E-state index < -0.39 is 17.5 Å². The fraction of sp³-hybridized carbons (Fsp3) is 0.667. The van der Waals surface area contributed by atoms with Gasteiger partial charge in [0.05, 0.1) is 5.60 Å². The van der Waals surface area contributed by atoms with E-state index in [4.69, 9.17) is 0 Å². The summed E-state index contributed by atoms with van der Waals surface area (Å²) in [4.78, 5) is 7.16. The topological polar surface area (TPSA) is 58.0 Å². The molecule has 8 heteroatoms. The summed E-state index contributed by atoms with van der Waals surface area (Å²) in [6, 6.07) is 0.818. The van der Waals surface area contributed by atoms with Crippen LogP contribution in [0.25, 0.3) is 0 Å². The van der Waals surface area contributed by atoms with Gasteiger partial charge >= 0.3 is 6.18 Å². The molecule has 0 aromatic carbocycles. The second-order valence-corrected chi connectivity index (χ2v) is 6.18. The first-order valence-corrected chi connectivity index (χ1v) is 7.38. The van der Waals surface area contributed by atoms with Crippen LogP contribution in [0.5, 0.6) is 0 Å². The number of nitrogens with one attached hydrogen (secondary N) is 1. The van der Waals surface area contributed by atoms with Gasteiger partial charge in [-0.1, -0.05) is 6.92 Å². The average molecular weight is 307 g/mol. The van der Waals surface area contributed by atoms with E-state index in [-0.39, 0.29) is 17.7 Å². The second-order valence-electron chi connectivity index (χ2n) is 4.70. The van der Waals surface area contributed by atoms with Gasteiger partial charge in [0.15, 0.2) is 0 Å². The van der Waals surface area contributed by atoms with Crippen molar-refractivity contribution < 1.29 is 18.3 Å². The highest BCUT2D eigenvalue weighted by molar-refractivity contribution is 8.00. The van der Waals surface area contributed by atoms with E-state index in [1.165, 1.54) is 0 Å². The van der Waals surface area contributed by atoms with Crippen LogP contribution in [0.15, 0.2) is 12.3 Å². The Hall–Kier alpha value is -1.02. The summed E-state index contributed by atoms with van der Waals surface area (Å²) in [5.74, 6) is 0.785. The molecule has 0 aliphatic heterocycles. The Kier molecular flexibility index (Phi) is 4.43. The average Bonchev–Trinajstić information content (AvgIpc) is 2.40. The molecule has 0 saturated heterocycles. The van der Waals surface area contributed by atoms with Crippen molar-refractivity contribution in [1.82, 2.24) is 9.97 Å². The quantitative estimate of drug-likeness (QED) is 0.875. The third-order valence-corrected chi connectivity index (χ3v) is 4.72. The lowest BCUT2D eigenvalue weighted by Gasteiger charge is -2.45. The molecular weight excluding hydrogens is 291 g/mol. The summed E-state index contributed by atoms with van der Waals surface area (Å²) in [5, 5.41) is 13.1. The maximum Gasteiger partial charge on any atom is 0.433 e. The lowest BCUT2D eigenvalue weighted by atomic mass is 9.79. The molecule has 1 aromatic heterocycles. The number of alkyl halides is 3. The smallest absolute Gasteiger partial charge is 0.387 e. The molecule has 1 aromatic rings. The zero-order valence-corrected chi connectivity index (χ0v) is 11.8. The molecule has 112 valence electrons. The van der Waals surface area contributed by atoms with Crippen LogP contribution in [0.4, 0.5) is 19.1 Å². The highest BCUT2D eigenvalue weighted by Crippen LogP contribution is 2.41. The Balaban J connectivity index is 1.98. The third-order valence-electron chi connectivity index (χ3n) is 3.31. The maximum absolute atomic E-state index is 12.5. The zero-order chi connectivity index (χ0) is 14.8. The van der Waals surface area contributed by atoms with Gasteiger partial charge in [0.2, 0.25) is 5.95 Å². The number of aliphatic hydroxyl groups is 1. The summed E-state index contributed by atoms with van der Waals surface area (Å²) in [5.41, 5.74) is -1.88. The highest BCUT2D eigenvalue weighted by atomic mass is 32.2. The van der Waals surface area contributed by atoms with Crippen molar-refractivity contribution in [3.8, 4) is 0 Å². The fourth-order valence-corrected chi connectivity index (χ4v) is 3.27. The number of halogens is 3. The molecule has 2 atom stereocenters. The first-order chi connectivity index (χ1) is 9.35. The first-order valence-electron chi connectivity index (χ1n) is 6.33. The van der Waals surface area contributed by atoms with E-state index in [1.54, 1.807) is 11.8 Å². The molecule has 1 saturated carbocycles.